The van der Waals surface area contributed by atoms with Crippen molar-refractivity contribution in [3.05, 3.63) is 59.9 Å². The van der Waals surface area contributed by atoms with Gasteiger partial charge < -0.3 is 24.5 Å². The number of aromatic nitrogens is 7. The number of hydrogen-bond donors (Lipinski definition) is 1. The maximum Gasteiger partial charge on any atom is 0.254 e. The van der Waals surface area contributed by atoms with Crippen LogP contribution in [-0.4, -0.2) is 76.9 Å². The van der Waals surface area contributed by atoms with Gasteiger partial charge in [-0.25, -0.2) is 23.9 Å². The first kappa shape index (κ1) is 27.7. The van der Waals surface area contributed by atoms with Gasteiger partial charge in [-0.1, -0.05) is 0 Å². The highest BCUT2D eigenvalue weighted by Gasteiger charge is 2.30. The third-order valence-electron chi connectivity index (χ3n) is 8.94. The number of carbonyl (C=O) groups is 1. The molecule has 230 valence electrons. The van der Waals surface area contributed by atoms with Crippen LogP contribution in [0.5, 0.6) is 5.75 Å². The van der Waals surface area contributed by atoms with Gasteiger partial charge in [0.15, 0.2) is 11.5 Å². The van der Waals surface area contributed by atoms with Crippen LogP contribution in [0.2, 0.25) is 0 Å². The monoisotopic (exact) mass is 607 g/mol. The number of carbonyl (C=O) groups excluding carboxylic acids is 1. The number of halogens is 1. The Morgan fingerprint density at radius 1 is 1.07 bits per heavy atom. The molecule has 8 rings (SSSR count). The fourth-order valence-electron chi connectivity index (χ4n) is 6.58. The Hall–Kier alpha value is -4.84. The third-order valence-corrected chi connectivity index (χ3v) is 8.94. The van der Waals surface area contributed by atoms with E-state index in [1.807, 2.05) is 42.9 Å². The number of imidazole rings is 1. The predicted molar refractivity (Wildman–Crippen MR) is 169 cm³/mol. The number of pyridine rings is 1. The molecule has 1 saturated carbocycles. The minimum Gasteiger partial charge on any atom is -0.494 e. The third kappa shape index (κ3) is 4.80. The highest BCUT2D eigenvalue weighted by Crippen LogP contribution is 2.38. The molecule has 1 aliphatic heterocycles. The molecule has 2 atom stereocenters. The van der Waals surface area contributed by atoms with Crippen LogP contribution < -0.4 is 10.5 Å². The molecular formula is C33H34FN9O2. The molecule has 0 bridgehead atoms. The van der Waals surface area contributed by atoms with E-state index in [4.69, 9.17) is 25.4 Å². The van der Waals surface area contributed by atoms with Crippen LogP contribution in [-0.2, 0) is 13.6 Å². The first-order valence-electron chi connectivity index (χ1n) is 15.3. The van der Waals surface area contributed by atoms with Crippen molar-refractivity contribution in [3.63, 3.8) is 0 Å². The number of fused-ring (bicyclic) bond motifs is 3. The number of alkyl halides is 1. The van der Waals surface area contributed by atoms with Gasteiger partial charge in [-0.05, 0) is 68.5 Å². The lowest BCUT2D eigenvalue weighted by molar-refractivity contribution is 0.0606. The van der Waals surface area contributed by atoms with E-state index >= 15 is 0 Å². The zero-order chi connectivity index (χ0) is 31.0. The smallest absolute Gasteiger partial charge is 0.254 e. The lowest BCUT2D eigenvalue weighted by Crippen LogP contribution is -2.50. The standard InChI is InChI=1S/C33H34FN9O2/c1-18-10-29-36-25(8-9-43(29)39-18)24-7-6-20-12-27(42(31(20)37-24)15-19-4-5-19)32-38-26-11-21(13-28(45-3)30(26)40(32)2)33(44)41-16-22(34)14-23(35)17-41/h6-13,19,22-23H,4-5,14-17,35H2,1-3H3/t22-,23-/m1/s1. The zero-order valence-electron chi connectivity index (χ0n) is 25.4. The Morgan fingerprint density at radius 3 is 2.67 bits per heavy atom. The Morgan fingerprint density at radius 2 is 1.89 bits per heavy atom. The fourth-order valence-corrected chi connectivity index (χ4v) is 6.58. The molecule has 2 fully saturated rings. The minimum atomic E-state index is -1.14. The molecule has 6 aromatic rings. The van der Waals surface area contributed by atoms with Crippen molar-refractivity contribution in [2.24, 2.45) is 18.7 Å². The number of ether oxygens (including phenoxy) is 1. The second-order valence-electron chi connectivity index (χ2n) is 12.4. The van der Waals surface area contributed by atoms with Gasteiger partial charge in [0, 0.05) is 49.4 Å². The van der Waals surface area contributed by atoms with Crippen molar-refractivity contribution in [1.29, 1.82) is 0 Å². The number of benzene rings is 1. The average Bonchev–Trinajstić information content (AvgIpc) is 3.53. The van der Waals surface area contributed by atoms with Crippen molar-refractivity contribution >= 4 is 33.6 Å². The summed E-state index contributed by atoms with van der Waals surface area (Å²) in [5.41, 5.74) is 12.9. The molecular weight excluding hydrogens is 573 g/mol. The maximum atomic E-state index is 14.3. The van der Waals surface area contributed by atoms with Crippen LogP contribution in [0.3, 0.4) is 0 Å². The lowest BCUT2D eigenvalue weighted by atomic mass is 10.0. The van der Waals surface area contributed by atoms with Gasteiger partial charge in [-0.2, -0.15) is 5.10 Å². The molecule has 2 N–H and O–H groups in total. The van der Waals surface area contributed by atoms with E-state index in [1.165, 1.54) is 17.7 Å². The molecule has 5 aromatic heterocycles. The van der Waals surface area contributed by atoms with E-state index in [2.05, 4.69) is 21.8 Å². The number of methoxy groups -OCH3 is 1. The molecule has 45 heavy (non-hydrogen) atoms. The summed E-state index contributed by atoms with van der Waals surface area (Å²) in [6, 6.07) is 13.2. The van der Waals surface area contributed by atoms with Gasteiger partial charge in [0.25, 0.3) is 5.91 Å². The fraction of sp³-hybridized carbons (Fsp3) is 0.364. The van der Waals surface area contributed by atoms with Gasteiger partial charge in [-0.3, -0.25) is 4.79 Å². The minimum absolute atomic E-state index is 0.0299. The largest absolute Gasteiger partial charge is 0.494 e. The summed E-state index contributed by atoms with van der Waals surface area (Å²) >= 11 is 0. The second kappa shape index (κ2) is 10.4. The zero-order valence-corrected chi connectivity index (χ0v) is 25.4. The van der Waals surface area contributed by atoms with Crippen molar-refractivity contribution < 1.29 is 13.9 Å². The number of amides is 1. The van der Waals surface area contributed by atoms with Gasteiger partial charge in [0.05, 0.1) is 41.9 Å². The second-order valence-corrected chi connectivity index (χ2v) is 12.4. The SMILES string of the molecule is COc1cc(C(=O)N2C[C@H](N)C[C@@H](F)C2)cc2nc(-c3cc4ccc(-c5ccn6nc(C)cc6n5)nc4n3CC3CC3)n(C)c12. The van der Waals surface area contributed by atoms with Gasteiger partial charge in [-0.15, -0.1) is 0 Å². The Balaban J connectivity index is 1.23. The Bertz CT molecular complexity index is 2120. The van der Waals surface area contributed by atoms with Crippen molar-refractivity contribution in [2.45, 2.75) is 44.9 Å². The van der Waals surface area contributed by atoms with E-state index in [9.17, 15) is 9.18 Å². The molecule has 1 saturated heterocycles. The first-order chi connectivity index (χ1) is 21.7. The molecule has 0 spiro atoms. The normalized spacial score (nSPS) is 18.8. The highest BCUT2D eigenvalue weighted by atomic mass is 19.1. The number of nitrogens with zero attached hydrogens (tertiary/aromatic N) is 8. The summed E-state index contributed by atoms with van der Waals surface area (Å²) in [6.45, 7) is 3.12. The first-order valence-corrected chi connectivity index (χ1v) is 15.3. The topological polar surface area (TPSA) is 121 Å². The quantitative estimate of drug-likeness (QED) is 0.295. The molecule has 11 nitrogen and oxygen atoms in total. The molecule has 1 aliphatic carbocycles. The van der Waals surface area contributed by atoms with Crippen LogP contribution in [0.4, 0.5) is 4.39 Å². The molecule has 0 radical (unpaired) electrons. The summed E-state index contributed by atoms with van der Waals surface area (Å²) in [6.07, 6.45) is 3.39. The summed E-state index contributed by atoms with van der Waals surface area (Å²) < 4.78 is 26.1. The molecule has 6 heterocycles. The molecule has 1 aromatic carbocycles. The predicted octanol–water partition coefficient (Wildman–Crippen LogP) is 4.54. The Labute approximate surface area is 258 Å². The van der Waals surface area contributed by atoms with E-state index in [-0.39, 0.29) is 24.9 Å². The number of likely N-dealkylation sites (tertiary alicyclic amines) is 1. The highest BCUT2D eigenvalue weighted by molar-refractivity contribution is 6.00. The van der Waals surface area contributed by atoms with Crippen LogP contribution in [0, 0.1) is 12.8 Å². The van der Waals surface area contributed by atoms with Crippen LogP contribution in [0.25, 0.3) is 50.6 Å². The number of hydrogen-bond acceptors (Lipinski definition) is 7. The number of rotatable bonds is 6. The summed E-state index contributed by atoms with van der Waals surface area (Å²) in [5.74, 6) is 1.57. The van der Waals surface area contributed by atoms with Crippen LogP contribution >= 0.6 is 0 Å². The van der Waals surface area contributed by atoms with Crippen LogP contribution in [0.1, 0.15) is 35.3 Å². The molecule has 12 heteroatoms. The molecule has 0 unspecified atom stereocenters. The van der Waals surface area contributed by atoms with Crippen molar-refractivity contribution in [2.75, 3.05) is 20.2 Å². The van der Waals surface area contributed by atoms with Gasteiger partial charge in [0.2, 0.25) is 0 Å². The van der Waals surface area contributed by atoms with Crippen molar-refractivity contribution in [1.82, 2.24) is 38.6 Å². The number of piperidine rings is 1. The summed E-state index contributed by atoms with van der Waals surface area (Å²) in [7, 11) is 3.53. The van der Waals surface area contributed by atoms with Crippen LogP contribution in [0.15, 0.2) is 48.7 Å². The summed E-state index contributed by atoms with van der Waals surface area (Å²) in [5, 5.41) is 5.45. The maximum absolute atomic E-state index is 14.3. The Kier molecular flexibility index (Phi) is 6.38. The number of nitrogens with two attached hydrogens (primary N) is 1. The molecule has 1 amide bonds. The van der Waals surface area contributed by atoms with E-state index in [1.54, 1.807) is 23.8 Å². The summed E-state index contributed by atoms with van der Waals surface area (Å²) in [4.78, 5) is 29.9. The average molecular weight is 608 g/mol. The van der Waals surface area contributed by atoms with E-state index in [0.29, 0.717) is 29.3 Å². The van der Waals surface area contributed by atoms with E-state index in [0.717, 1.165) is 57.3 Å². The number of aryl methyl sites for hydroxylation is 2. The molecule has 2 aliphatic rings. The van der Waals surface area contributed by atoms with Gasteiger partial charge >= 0.3 is 0 Å². The lowest BCUT2D eigenvalue weighted by Gasteiger charge is -2.33. The van der Waals surface area contributed by atoms with Gasteiger partial charge in [0.1, 0.15) is 23.1 Å². The van der Waals surface area contributed by atoms with E-state index < -0.39 is 6.17 Å². The van der Waals surface area contributed by atoms with Crippen molar-refractivity contribution in [3.8, 4) is 28.7 Å².